The summed E-state index contributed by atoms with van der Waals surface area (Å²) in [7, 11) is 1.49. The fraction of sp³-hybridized carbons (Fsp3) is 0.200. The van der Waals surface area contributed by atoms with Crippen LogP contribution < -0.4 is 14.8 Å². The van der Waals surface area contributed by atoms with Crippen LogP contribution in [0.4, 0.5) is 0 Å². The summed E-state index contributed by atoms with van der Waals surface area (Å²) in [6, 6.07) is 15.9. The Labute approximate surface area is 241 Å². The van der Waals surface area contributed by atoms with Crippen LogP contribution in [0.1, 0.15) is 46.8 Å². The lowest BCUT2D eigenvalue weighted by atomic mass is 9.79. The van der Waals surface area contributed by atoms with Gasteiger partial charge in [-0.05, 0) is 43.7 Å². The molecule has 0 spiro atoms. The van der Waals surface area contributed by atoms with Crippen LogP contribution in [-0.4, -0.2) is 25.5 Å². The van der Waals surface area contributed by atoms with Gasteiger partial charge in [0.15, 0.2) is 17.3 Å². The second kappa shape index (κ2) is 11.0. The summed E-state index contributed by atoms with van der Waals surface area (Å²) in [6.45, 7) is 3.83. The molecule has 9 heteroatoms. The Bertz CT molecular complexity index is 1580. The Morgan fingerprint density at radius 1 is 1.00 bits per heavy atom. The van der Waals surface area contributed by atoms with Gasteiger partial charge in [-0.3, -0.25) is 4.79 Å². The number of dihydropyridines is 1. The summed E-state index contributed by atoms with van der Waals surface area (Å²) < 4.78 is 17.1. The Hall–Kier alpha value is -3.45. The van der Waals surface area contributed by atoms with E-state index in [0.29, 0.717) is 60.8 Å². The molecule has 3 aromatic rings. The van der Waals surface area contributed by atoms with Gasteiger partial charge in [0, 0.05) is 43.9 Å². The van der Waals surface area contributed by atoms with E-state index in [-0.39, 0.29) is 24.0 Å². The summed E-state index contributed by atoms with van der Waals surface area (Å²) in [6.07, 6.45) is 0. The van der Waals surface area contributed by atoms with Crippen molar-refractivity contribution in [1.82, 2.24) is 5.32 Å². The lowest BCUT2D eigenvalue weighted by Gasteiger charge is -2.29. The first kappa shape index (κ1) is 27.1. The normalized spacial score (nSPS) is 16.1. The van der Waals surface area contributed by atoms with E-state index in [1.165, 1.54) is 7.11 Å². The molecule has 0 fully saturated rings. The maximum atomic E-state index is 13.7. The third kappa shape index (κ3) is 4.89. The molecular formula is C30H24Cl3NO5. The van der Waals surface area contributed by atoms with E-state index in [4.69, 9.17) is 49.0 Å². The highest BCUT2D eigenvalue weighted by Gasteiger charge is 2.43. The predicted octanol–water partition coefficient (Wildman–Crippen LogP) is 7.37. The van der Waals surface area contributed by atoms with Crippen molar-refractivity contribution in [3.05, 3.63) is 109 Å². The predicted molar refractivity (Wildman–Crippen MR) is 152 cm³/mol. The summed E-state index contributed by atoms with van der Waals surface area (Å²) >= 11 is 19.1. The van der Waals surface area contributed by atoms with Crippen molar-refractivity contribution in [3.8, 4) is 11.5 Å². The molecule has 2 aliphatic rings. The number of nitrogens with one attached hydrogen (secondary N) is 1. The van der Waals surface area contributed by atoms with Crippen molar-refractivity contribution in [3.63, 3.8) is 0 Å². The Morgan fingerprint density at radius 2 is 1.74 bits per heavy atom. The molecule has 6 nitrogen and oxygen atoms in total. The molecule has 0 unspecified atom stereocenters. The third-order valence-electron chi connectivity index (χ3n) is 6.72. The van der Waals surface area contributed by atoms with Gasteiger partial charge in [-0.2, -0.15) is 0 Å². The number of carbonyl (C=O) groups excluding carboxylic acids is 2. The maximum absolute atomic E-state index is 13.7. The molecule has 1 aliphatic heterocycles. The first-order chi connectivity index (χ1) is 18.7. The van der Waals surface area contributed by atoms with Crippen LogP contribution in [0.15, 0.2) is 71.4 Å². The quantitative estimate of drug-likeness (QED) is 0.292. The molecule has 200 valence electrons. The molecule has 0 saturated heterocycles. The largest absolute Gasteiger partial charge is 0.493 e. The van der Waals surface area contributed by atoms with Gasteiger partial charge >= 0.3 is 5.97 Å². The number of hydrogen-bond donors (Lipinski definition) is 1. The number of ether oxygens (including phenoxy) is 3. The number of esters is 1. The minimum Gasteiger partial charge on any atom is -0.493 e. The minimum atomic E-state index is -0.744. The molecule has 3 aromatic carbocycles. The zero-order chi connectivity index (χ0) is 27.8. The topological polar surface area (TPSA) is 73.9 Å². The van der Waals surface area contributed by atoms with Crippen molar-refractivity contribution >= 4 is 52.3 Å². The Kier molecular flexibility index (Phi) is 7.63. The smallest absolute Gasteiger partial charge is 0.336 e. The number of methoxy groups -OCH3 is 1. The van der Waals surface area contributed by atoms with Crippen LogP contribution in [0.25, 0.3) is 5.70 Å². The zero-order valence-corrected chi connectivity index (χ0v) is 23.6. The van der Waals surface area contributed by atoms with Crippen molar-refractivity contribution in [2.45, 2.75) is 26.4 Å². The average molecular weight is 585 g/mol. The average Bonchev–Trinajstić information content (AvgIpc) is 3.19. The number of carbonyl (C=O) groups is 2. The molecule has 1 N–H and O–H groups in total. The van der Waals surface area contributed by atoms with E-state index in [1.54, 1.807) is 50.2 Å². The lowest BCUT2D eigenvalue weighted by Crippen LogP contribution is -2.29. The van der Waals surface area contributed by atoms with Gasteiger partial charge in [0.05, 0.1) is 30.0 Å². The van der Waals surface area contributed by atoms with Gasteiger partial charge in [0.2, 0.25) is 0 Å². The van der Waals surface area contributed by atoms with Crippen LogP contribution in [-0.2, 0) is 16.1 Å². The second-order valence-corrected chi connectivity index (χ2v) is 10.3. The number of allylic oxidation sites excluding steroid dienone is 2. The van der Waals surface area contributed by atoms with Gasteiger partial charge in [-0.1, -0.05) is 65.1 Å². The number of hydrogen-bond acceptors (Lipinski definition) is 6. The molecule has 1 heterocycles. The Morgan fingerprint density at radius 3 is 2.44 bits per heavy atom. The van der Waals surface area contributed by atoms with Gasteiger partial charge < -0.3 is 19.5 Å². The van der Waals surface area contributed by atoms with E-state index in [0.717, 1.165) is 5.56 Å². The monoisotopic (exact) mass is 583 g/mol. The lowest BCUT2D eigenvalue weighted by molar-refractivity contribution is -0.138. The van der Waals surface area contributed by atoms with Crippen molar-refractivity contribution in [2.75, 3.05) is 13.7 Å². The van der Waals surface area contributed by atoms with Crippen molar-refractivity contribution < 1.29 is 23.8 Å². The summed E-state index contributed by atoms with van der Waals surface area (Å²) in [5.41, 5.74) is 4.69. The second-order valence-electron chi connectivity index (χ2n) is 9.04. The number of fused-ring (bicyclic) bond motifs is 2. The molecule has 5 rings (SSSR count). The van der Waals surface area contributed by atoms with E-state index >= 15 is 0 Å². The number of Topliss-reactive ketones (excluding diaryl/α,β-unsaturated/α-hetero) is 1. The maximum Gasteiger partial charge on any atom is 0.336 e. The minimum absolute atomic E-state index is 0.120. The highest BCUT2D eigenvalue weighted by atomic mass is 35.5. The summed E-state index contributed by atoms with van der Waals surface area (Å²) in [5, 5.41) is 4.51. The molecular weight excluding hydrogens is 561 g/mol. The van der Waals surface area contributed by atoms with Crippen LogP contribution in [0.3, 0.4) is 0 Å². The van der Waals surface area contributed by atoms with Crippen LogP contribution >= 0.6 is 34.8 Å². The molecule has 1 aliphatic carbocycles. The van der Waals surface area contributed by atoms with Crippen LogP contribution in [0.2, 0.25) is 15.1 Å². The van der Waals surface area contributed by atoms with Gasteiger partial charge in [0.25, 0.3) is 0 Å². The van der Waals surface area contributed by atoms with Crippen LogP contribution in [0, 0.1) is 0 Å². The van der Waals surface area contributed by atoms with E-state index in [9.17, 15) is 9.59 Å². The molecule has 0 amide bonds. The molecule has 1 atom stereocenters. The zero-order valence-electron chi connectivity index (χ0n) is 21.4. The van der Waals surface area contributed by atoms with Crippen molar-refractivity contribution in [1.29, 1.82) is 0 Å². The van der Waals surface area contributed by atoms with Crippen molar-refractivity contribution in [2.24, 2.45) is 0 Å². The van der Waals surface area contributed by atoms with Gasteiger partial charge in [-0.15, -0.1) is 0 Å². The standard InChI is InChI=1S/C30H24Cl3NO5/c1-4-38-30(36)24-15(2)34-27-19-7-5-6-8-20(19)28(35)26(27)25(24)17-11-22(33)29(23(12-17)37-3)39-14-16-9-10-18(31)13-21(16)32/h5-13,25,34H,4,14H2,1-3H3/t25-/m1/s1. The van der Waals surface area contributed by atoms with E-state index < -0.39 is 11.9 Å². The van der Waals surface area contributed by atoms with E-state index in [2.05, 4.69) is 5.32 Å². The highest BCUT2D eigenvalue weighted by molar-refractivity contribution is 6.35. The summed E-state index contributed by atoms with van der Waals surface area (Å²) in [5.74, 6) is -0.786. The number of halogens is 3. The molecule has 0 radical (unpaired) electrons. The third-order valence-corrected chi connectivity index (χ3v) is 7.58. The number of benzene rings is 3. The molecule has 0 bridgehead atoms. The van der Waals surface area contributed by atoms with Gasteiger partial charge in [0.1, 0.15) is 6.61 Å². The number of ketones is 1. The van der Waals surface area contributed by atoms with Gasteiger partial charge in [-0.25, -0.2) is 4.79 Å². The van der Waals surface area contributed by atoms with Crippen LogP contribution in [0.5, 0.6) is 11.5 Å². The molecule has 0 aromatic heterocycles. The van der Waals surface area contributed by atoms with E-state index in [1.807, 2.05) is 18.2 Å². The fourth-order valence-corrected chi connectivity index (χ4v) is 5.71. The molecule has 0 saturated carbocycles. The summed E-state index contributed by atoms with van der Waals surface area (Å²) in [4.78, 5) is 26.9. The highest BCUT2D eigenvalue weighted by Crippen LogP contribution is 2.49. The number of rotatable bonds is 7. The Balaban J connectivity index is 1.60. The SMILES string of the molecule is CCOC(=O)C1=C(C)NC2=C(C(=O)c3ccccc32)[C@@H]1c1cc(Cl)c(OCc2ccc(Cl)cc2Cl)c(OC)c1. The first-order valence-corrected chi connectivity index (χ1v) is 13.4. The first-order valence-electron chi connectivity index (χ1n) is 12.2. The fourth-order valence-electron chi connectivity index (χ4n) is 4.98. The molecule has 39 heavy (non-hydrogen) atoms.